The van der Waals surface area contributed by atoms with Crippen LogP contribution in [0.2, 0.25) is 0 Å². The fourth-order valence-corrected chi connectivity index (χ4v) is 3.43. The van der Waals surface area contributed by atoms with Gasteiger partial charge in [-0.2, -0.15) is 0 Å². The molecule has 0 spiro atoms. The summed E-state index contributed by atoms with van der Waals surface area (Å²) in [5.41, 5.74) is 1.04. The van der Waals surface area contributed by atoms with Gasteiger partial charge in [0.1, 0.15) is 17.7 Å². The Balaban J connectivity index is 1.96. The number of fused-ring (bicyclic) bond motifs is 1. The molecule has 0 aliphatic carbocycles. The van der Waals surface area contributed by atoms with Crippen LogP contribution in [0.4, 0.5) is 4.39 Å². The van der Waals surface area contributed by atoms with Crippen molar-refractivity contribution in [3.63, 3.8) is 0 Å². The summed E-state index contributed by atoms with van der Waals surface area (Å²) in [7, 11) is 1.93. The Hall–Kier alpha value is -1.39. The van der Waals surface area contributed by atoms with E-state index in [4.69, 9.17) is 4.74 Å². The van der Waals surface area contributed by atoms with E-state index >= 15 is 0 Å². The molecule has 2 heterocycles. The van der Waals surface area contributed by atoms with Crippen molar-refractivity contribution in [2.45, 2.75) is 25.5 Å². The Labute approximate surface area is 116 Å². The van der Waals surface area contributed by atoms with E-state index < -0.39 is 0 Å². The number of hydrogen-bond acceptors (Lipinski definition) is 3. The van der Waals surface area contributed by atoms with Gasteiger partial charge in [0.2, 0.25) is 0 Å². The lowest BCUT2D eigenvalue weighted by Crippen LogP contribution is -2.26. The van der Waals surface area contributed by atoms with Gasteiger partial charge >= 0.3 is 0 Å². The van der Waals surface area contributed by atoms with Crippen LogP contribution in [0.1, 0.15) is 33.9 Å². The van der Waals surface area contributed by atoms with Crippen LogP contribution >= 0.6 is 11.3 Å². The van der Waals surface area contributed by atoms with Crippen molar-refractivity contribution in [3.05, 3.63) is 51.5 Å². The SMILES string of the molecule is CNC1CC(c2ccc(C)s2)Oc2cc(F)ccc21. The van der Waals surface area contributed by atoms with Gasteiger partial charge < -0.3 is 10.1 Å². The van der Waals surface area contributed by atoms with Crippen LogP contribution in [-0.2, 0) is 0 Å². The van der Waals surface area contributed by atoms with E-state index in [0.717, 1.165) is 12.0 Å². The van der Waals surface area contributed by atoms with Gasteiger partial charge in [-0.1, -0.05) is 6.07 Å². The number of rotatable bonds is 2. The fourth-order valence-electron chi connectivity index (χ4n) is 2.51. The molecule has 0 bridgehead atoms. The van der Waals surface area contributed by atoms with Gasteiger partial charge in [0.05, 0.1) is 0 Å². The predicted octanol–water partition coefficient (Wildman–Crippen LogP) is 3.98. The summed E-state index contributed by atoms with van der Waals surface area (Å²) in [6.45, 7) is 2.08. The van der Waals surface area contributed by atoms with Gasteiger partial charge in [-0.15, -0.1) is 11.3 Å². The van der Waals surface area contributed by atoms with Crippen molar-refractivity contribution in [1.29, 1.82) is 0 Å². The molecule has 0 amide bonds. The number of hydrogen-bond donors (Lipinski definition) is 1. The number of benzene rings is 1. The van der Waals surface area contributed by atoms with Crippen molar-refractivity contribution >= 4 is 11.3 Å². The molecular weight excluding hydrogens is 261 g/mol. The highest BCUT2D eigenvalue weighted by molar-refractivity contribution is 7.12. The summed E-state index contributed by atoms with van der Waals surface area (Å²) in [4.78, 5) is 2.47. The number of thiophene rings is 1. The first-order chi connectivity index (χ1) is 9.17. The molecule has 3 rings (SSSR count). The minimum Gasteiger partial charge on any atom is -0.484 e. The maximum Gasteiger partial charge on any atom is 0.135 e. The third kappa shape index (κ3) is 2.38. The van der Waals surface area contributed by atoms with E-state index in [1.807, 2.05) is 13.1 Å². The molecule has 1 N–H and O–H groups in total. The zero-order valence-electron chi connectivity index (χ0n) is 10.9. The van der Waals surface area contributed by atoms with E-state index in [1.165, 1.54) is 21.9 Å². The van der Waals surface area contributed by atoms with Crippen LogP contribution in [-0.4, -0.2) is 7.05 Å². The monoisotopic (exact) mass is 277 g/mol. The summed E-state index contributed by atoms with van der Waals surface area (Å²) in [5, 5.41) is 3.29. The molecule has 1 aliphatic rings. The lowest BCUT2D eigenvalue weighted by atomic mass is 9.96. The number of ether oxygens (including phenoxy) is 1. The van der Waals surface area contributed by atoms with Gasteiger partial charge in [-0.25, -0.2) is 4.39 Å². The molecule has 1 aromatic carbocycles. The van der Waals surface area contributed by atoms with Crippen LogP contribution in [0.25, 0.3) is 0 Å². The predicted molar refractivity (Wildman–Crippen MR) is 75.2 cm³/mol. The molecule has 19 heavy (non-hydrogen) atoms. The standard InChI is InChI=1S/C15H16FNOS/c1-9-3-6-15(19-9)14-8-12(17-2)11-5-4-10(16)7-13(11)18-14/h3-7,12,14,17H,8H2,1-2H3. The molecule has 2 nitrogen and oxygen atoms in total. The van der Waals surface area contributed by atoms with E-state index in [0.29, 0.717) is 5.75 Å². The fraction of sp³-hybridized carbons (Fsp3) is 0.333. The molecule has 100 valence electrons. The van der Waals surface area contributed by atoms with E-state index in [-0.39, 0.29) is 18.0 Å². The topological polar surface area (TPSA) is 21.3 Å². The molecule has 2 aromatic rings. The van der Waals surface area contributed by atoms with Crippen LogP contribution in [0, 0.1) is 12.7 Å². The largest absolute Gasteiger partial charge is 0.484 e. The third-order valence-corrected chi connectivity index (χ3v) is 4.59. The zero-order chi connectivity index (χ0) is 13.4. The molecule has 2 atom stereocenters. The van der Waals surface area contributed by atoms with Gasteiger partial charge in [0, 0.05) is 33.8 Å². The van der Waals surface area contributed by atoms with Crippen molar-refractivity contribution in [2.75, 3.05) is 7.05 Å². The Kier molecular flexibility index (Phi) is 3.29. The number of halogens is 1. The van der Waals surface area contributed by atoms with E-state index in [9.17, 15) is 4.39 Å². The first-order valence-corrected chi connectivity index (χ1v) is 7.18. The molecule has 1 aromatic heterocycles. The number of nitrogens with one attached hydrogen (secondary N) is 1. The molecule has 4 heteroatoms. The van der Waals surface area contributed by atoms with Gasteiger partial charge in [-0.05, 0) is 32.2 Å². The van der Waals surface area contributed by atoms with Crippen molar-refractivity contribution in [1.82, 2.24) is 5.32 Å². The Bertz CT molecular complexity index is 596. The first-order valence-electron chi connectivity index (χ1n) is 6.37. The maximum atomic E-state index is 13.4. The normalized spacial score (nSPS) is 21.8. The second-order valence-electron chi connectivity index (χ2n) is 4.81. The smallest absolute Gasteiger partial charge is 0.135 e. The second-order valence-corrected chi connectivity index (χ2v) is 6.13. The average molecular weight is 277 g/mol. The Morgan fingerprint density at radius 1 is 1.32 bits per heavy atom. The Morgan fingerprint density at radius 3 is 2.84 bits per heavy atom. The summed E-state index contributed by atoms with van der Waals surface area (Å²) < 4.78 is 19.3. The van der Waals surface area contributed by atoms with Crippen LogP contribution < -0.4 is 10.1 Å². The van der Waals surface area contributed by atoms with Crippen LogP contribution in [0.15, 0.2) is 30.3 Å². The summed E-state index contributed by atoms with van der Waals surface area (Å²) >= 11 is 1.74. The average Bonchev–Trinajstić information content (AvgIpc) is 2.83. The molecule has 0 fully saturated rings. The van der Waals surface area contributed by atoms with Crippen molar-refractivity contribution < 1.29 is 9.13 Å². The van der Waals surface area contributed by atoms with Gasteiger partial charge in [0.15, 0.2) is 0 Å². The van der Waals surface area contributed by atoms with Crippen LogP contribution in [0.3, 0.4) is 0 Å². The molecule has 0 saturated heterocycles. The van der Waals surface area contributed by atoms with Crippen molar-refractivity contribution in [3.8, 4) is 5.75 Å². The highest BCUT2D eigenvalue weighted by Gasteiger charge is 2.29. The zero-order valence-corrected chi connectivity index (χ0v) is 11.8. The third-order valence-electron chi connectivity index (χ3n) is 3.50. The van der Waals surface area contributed by atoms with Crippen LogP contribution in [0.5, 0.6) is 5.75 Å². The molecule has 0 saturated carbocycles. The maximum absolute atomic E-state index is 13.4. The lowest BCUT2D eigenvalue weighted by Gasteiger charge is -2.31. The molecule has 2 unspecified atom stereocenters. The molecule has 1 aliphatic heterocycles. The van der Waals surface area contributed by atoms with Crippen molar-refractivity contribution in [2.24, 2.45) is 0 Å². The van der Waals surface area contributed by atoms with Gasteiger partial charge in [0.25, 0.3) is 0 Å². The summed E-state index contributed by atoms with van der Waals surface area (Å²) in [6.07, 6.45) is 0.875. The summed E-state index contributed by atoms with van der Waals surface area (Å²) in [6, 6.07) is 9.17. The number of aryl methyl sites for hydroxylation is 1. The Morgan fingerprint density at radius 2 is 2.16 bits per heavy atom. The molecule has 0 radical (unpaired) electrons. The first kappa shape index (κ1) is 12.6. The highest BCUT2D eigenvalue weighted by Crippen LogP contribution is 2.42. The lowest BCUT2D eigenvalue weighted by molar-refractivity contribution is 0.156. The second kappa shape index (κ2) is 4.94. The highest BCUT2D eigenvalue weighted by atomic mass is 32.1. The quantitative estimate of drug-likeness (QED) is 0.896. The van der Waals surface area contributed by atoms with E-state index in [2.05, 4.69) is 24.4 Å². The molecular formula is C15H16FNOS. The van der Waals surface area contributed by atoms with E-state index in [1.54, 1.807) is 11.3 Å². The minimum absolute atomic E-state index is 0.00505. The summed E-state index contributed by atoms with van der Waals surface area (Å²) in [5.74, 6) is 0.401. The minimum atomic E-state index is -0.253. The van der Waals surface area contributed by atoms with Gasteiger partial charge in [-0.3, -0.25) is 0 Å².